The first-order valence-electron chi connectivity index (χ1n) is 21.3. The van der Waals surface area contributed by atoms with E-state index in [9.17, 15) is 19.2 Å². The van der Waals surface area contributed by atoms with E-state index in [2.05, 4.69) is 65.3 Å². The maximum atomic E-state index is 15.1. The van der Waals surface area contributed by atoms with Crippen molar-refractivity contribution >= 4 is 29.2 Å². The zero-order valence-electron chi connectivity index (χ0n) is 34.6. The molecule has 9 heteroatoms. The second-order valence-corrected chi connectivity index (χ2v) is 21.3. The molecule has 0 bridgehead atoms. The SMILES string of the molecule is CN1CCN(CC2(CC(=O)C[C@H](C(=O)N3C[C@]4(C[C@H]3C(=O)CC(CC3CCC3)C(=O)C(N)=O)C(C)(C)C43CCC3)C(C)(C)C)CCCCC2)C(C)(C)C1. The predicted octanol–water partition coefficient (Wildman–Crippen LogP) is 6.59. The number of fused-ring (bicyclic) bond motifs is 1. The van der Waals surface area contributed by atoms with E-state index in [0.29, 0.717) is 31.7 Å². The fourth-order valence-corrected chi connectivity index (χ4v) is 12.6. The molecule has 4 aliphatic carbocycles. The minimum absolute atomic E-state index is 0.00235. The van der Waals surface area contributed by atoms with Crippen molar-refractivity contribution in [2.75, 3.05) is 39.8 Å². The maximum absolute atomic E-state index is 15.1. The van der Waals surface area contributed by atoms with Crippen molar-refractivity contribution < 1.29 is 24.0 Å². The third kappa shape index (κ3) is 7.33. The van der Waals surface area contributed by atoms with Crippen LogP contribution in [0.5, 0.6) is 0 Å². The molecular weight excluding hydrogens is 665 g/mol. The van der Waals surface area contributed by atoms with Gasteiger partial charge < -0.3 is 15.5 Å². The van der Waals surface area contributed by atoms with Gasteiger partial charge in [0.25, 0.3) is 5.91 Å². The van der Waals surface area contributed by atoms with E-state index >= 15 is 4.79 Å². The number of nitrogens with two attached hydrogens (primary N) is 1. The topological polar surface area (TPSA) is 121 Å². The van der Waals surface area contributed by atoms with Gasteiger partial charge in [-0.15, -0.1) is 0 Å². The Morgan fingerprint density at radius 1 is 0.811 bits per heavy atom. The van der Waals surface area contributed by atoms with Crippen molar-refractivity contribution in [2.24, 2.45) is 50.6 Å². The molecular formula is C44H72N4O5. The van der Waals surface area contributed by atoms with Gasteiger partial charge >= 0.3 is 0 Å². The van der Waals surface area contributed by atoms with E-state index in [0.717, 1.165) is 84.0 Å². The van der Waals surface area contributed by atoms with E-state index in [1.54, 1.807) is 0 Å². The molecule has 2 N–H and O–H groups in total. The summed E-state index contributed by atoms with van der Waals surface area (Å²) < 4.78 is 0. The molecule has 298 valence electrons. The van der Waals surface area contributed by atoms with Gasteiger partial charge in [-0.25, -0.2) is 0 Å². The van der Waals surface area contributed by atoms with Crippen LogP contribution in [0.1, 0.15) is 151 Å². The zero-order chi connectivity index (χ0) is 38.8. The summed E-state index contributed by atoms with van der Waals surface area (Å²) in [5, 5.41) is 0. The minimum Gasteiger partial charge on any atom is -0.363 e. The standard InChI is InChI=1S/C44H72N4O5/c1-39(2,3)33(24-32(49)25-42(16-10-9-11-17-42)28-47-21-20-46(8)27-40(47,4)5)38(53)48-29-44(41(6,7)43(44)18-13-19-43)26-34(48)35(50)23-31(36(51)37(45)52)22-30-14-12-15-30/h30-31,33-34H,9-29H2,1-8H3,(H2,45,52)/t31?,33-,34+,44-/m1/s1. The number of rotatable bonds is 14. The van der Waals surface area contributed by atoms with Crippen LogP contribution in [0.3, 0.4) is 0 Å². The quantitative estimate of drug-likeness (QED) is 0.200. The lowest BCUT2D eigenvalue weighted by molar-refractivity contribution is -0.147. The lowest BCUT2D eigenvalue weighted by Gasteiger charge is -2.51. The Hall–Kier alpha value is -2.13. The lowest BCUT2D eigenvalue weighted by Crippen LogP contribution is -2.60. The Morgan fingerprint density at radius 3 is 1.98 bits per heavy atom. The van der Waals surface area contributed by atoms with Gasteiger partial charge in [0.15, 0.2) is 5.78 Å². The molecule has 4 atom stereocenters. The molecule has 6 rings (SSSR count). The fraction of sp³-hybridized carbons (Fsp3) is 0.886. The second-order valence-electron chi connectivity index (χ2n) is 21.3. The smallest absolute Gasteiger partial charge is 0.285 e. The number of likely N-dealkylation sites (tertiary alicyclic amines) is 1. The summed E-state index contributed by atoms with van der Waals surface area (Å²) in [6.45, 7) is 19.9. The number of hydrogen-bond acceptors (Lipinski definition) is 7. The number of ketones is 3. The molecule has 1 unspecified atom stereocenters. The molecule has 2 heterocycles. The molecule has 0 radical (unpaired) electrons. The first-order valence-corrected chi connectivity index (χ1v) is 21.3. The molecule has 0 aromatic heterocycles. The number of primary amides is 1. The number of carbonyl (C=O) groups excluding carboxylic acids is 5. The van der Waals surface area contributed by atoms with E-state index in [-0.39, 0.29) is 57.5 Å². The largest absolute Gasteiger partial charge is 0.363 e. The van der Waals surface area contributed by atoms with Crippen molar-refractivity contribution in [1.82, 2.24) is 14.7 Å². The van der Waals surface area contributed by atoms with Crippen molar-refractivity contribution in [3.05, 3.63) is 0 Å². The Bertz CT molecular complexity index is 1450. The number of piperazine rings is 1. The van der Waals surface area contributed by atoms with Crippen LogP contribution in [0.25, 0.3) is 0 Å². The number of amides is 2. The number of carbonyl (C=O) groups is 5. The number of likely N-dealkylation sites (N-methyl/N-ethyl adjacent to an activating group) is 1. The molecule has 2 saturated heterocycles. The Morgan fingerprint density at radius 2 is 1.47 bits per heavy atom. The van der Waals surface area contributed by atoms with Crippen LogP contribution < -0.4 is 5.73 Å². The molecule has 9 nitrogen and oxygen atoms in total. The highest BCUT2D eigenvalue weighted by Crippen LogP contribution is 2.88. The molecule has 2 spiro atoms. The molecule has 2 aliphatic heterocycles. The summed E-state index contributed by atoms with van der Waals surface area (Å²) in [5.41, 5.74) is 4.94. The van der Waals surface area contributed by atoms with Crippen molar-refractivity contribution in [1.29, 1.82) is 0 Å². The average molecular weight is 737 g/mol. The monoisotopic (exact) mass is 737 g/mol. The second kappa shape index (κ2) is 14.4. The molecule has 53 heavy (non-hydrogen) atoms. The minimum atomic E-state index is -0.979. The van der Waals surface area contributed by atoms with Gasteiger partial charge in [-0.05, 0) is 87.0 Å². The summed E-state index contributed by atoms with van der Waals surface area (Å²) >= 11 is 0. The Kier molecular flexibility index (Phi) is 11.0. The maximum Gasteiger partial charge on any atom is 0.285 e. The first kappa shape index (κ1) is 40.5. The van der Waals surface area contributed by atoms with Crippen LogP contribution >= 0.6 is 0 Å². The van der Waals surface area contributed by atoms with Crippen LogP contribution in [-0.4, -0.2) is 95.2 Å². The summed E-state index contributed by atoms with van der Waals surface area (Å²) in [6.07, 6.45) is 13.8. The summed E-state index contributed by atoms with van der Waals surface area (Å²) in [5.74, 6) is -2.65. The van der Waals surface area contributed by atoms with Crippen LogP contribution in [-0.2, 0) is 24.0 Å². The Balaban J connectivity index is 1.24. The molecule has 6 fully saturated rings. The van der Waals surface area contributed by atoms with Crippen LogP contribution in [0.15, 0.2) is 0 Å². The highest BCUT2D eigenvalue weighted by Gasteiger charge is 2.85. The van der Waals surface area contributed by atoms with Gasteiger partial charge in [-0.1, -0.05) is 79.6 Å². The van der Waals surface area contributed by atoms with Gasteiger partial charge in [0.2, 0.25) is 11.7 Å². The van der Waals surface area contributed by atoms with Gasteiger partial charge in [0, 0.05) is 74.8 Å². The van der Waals surface area contributed by atoms with Gasteiger partial charge in [0.05, 0.1) is 6.04 Å². The molecule has 0 aromatic carbocycles. The van der Waals surface area contributed by atoms with Crippen LogP contribution in [0, 0.1) is 44.8 Å². The van der Waals surface area contributed by atoms with Crippen LogP contribution in [0.4, 0.5) is 0 Å². The summed E-state index contributed by atoms with van der Waals surface area (Å²) in [6, 6.07) is -0.657. The first-order chi connectivity index (χ1) is 24.7. The number of Topliss-reactive ketones (excluding diaryl/α,β-unsaturated/α-hetero) is 3. The normalized spacial score (nSPS) is 30.3. The third-order valence-electron chi connectivity index (χ3n) is 16.4. The summed E-state index contributed by atoms with van der Waals surface area (Å²) in [7, 11) is 2.19. The van der Waals surface area contributed by atoms with Crippen molar-refractivity contribution in [2.45, 2.75) is 163 Å². The van der Waals surface area contributed by atoms with E-state index < -0.39 is 35.0 Å². The number of hydrogen-bond donors (Lipinski definition) is 1. The lowest BCUT2D eigenvalue weighted by atomic mass is 9.68. The van der Waals surface area contributed by atoms with Gasteiger partial charge in [0.1, 0.15) is 5.78 Å². The fourth-order valence-electron chi connectivity index (χ4n) is 12.6. The van der Waals surface area contributed by atoms with Gasteiger partial charge in [-0.3, -0.25) is 28.9 Å². The zero-order valence-corrected chi connectivity index (χ0v) is 34.6. The molecule has 0 aromatic rings. The van der Waals surface area contributed by atoms with Gasteiger partial charge in [-0.2, -0.15) is 0 Å². The van der Waals surface area contributed by atoms with Crippen LogP contribution in [0.2, 0.25) is 0 Å². The average Bonchev–Trinajstić information content (AvgIpc) is 3.24. The molecule has 4 saturated carbocycles. The predicted molar refractivity (Wildman–Crippen MR) is 208 cm³/mol. The van der Waals surface area contributed by atoms with E-state index in [1.165, 1.54) is 12.8 Å². The van der Waals surface area contributed by atoms with Crippen molar-refractivity contribution in [3.63, 3.8) is 0 Å². The highest BCUT2D eigenvalue weighted by atomic mass is 16.2. The summed E-state index contributed by atoms with van der Waals surface area (Å²) in [4.78, 5) is 76.1. The van der Waals surface area contributed by atoms with E-state index in [1.807, 2.05) is 4.90 Å². The highest BCUT2D eigenvalue weighted by molar-refractivity contribution is 6.36. The molecule has 6 aliphatic rings. The molecule has 2 amide bonds. The number of nitrogens with zero attached hydrogens (tertiary/aromatic N) is 3. The van der Waals surface area contributed by atoms with Crippen molar-refractivity contribution in [3.8, 4) is 0 Å². The third-order valence-corrected chi connectivity index (χ3v) is 16.4. The Labute approximate surface area is 320 Å². The van der Waals surface area contributed by atoms with E-state index in [4.69, 9.17) is 5.73 Å².